The molecule has 12 aromatic rings. The molecule has 12 rings (SSSR count). The molecule has 0 aliphatic rings. The molecule has 0 bridgehead atoms. The van der Waals surface area contributed by atoms with Crippen molar-refractivity contribution < 1.29 is 0 Å². The van der Waals surface area contributed by atoms with Crippen molar-refractivity contribution in [2.24, 2.45) is 0 Å². The van der Waals surface area contributed by atoms with Crippen LogP contribution in [0.1, 0.15) is 0 Å². The van der Waals surface area contributed by atoms with Crippen LogP contribution in [0.4, 0.5) is 0 Å². The molecule has 11 aromatic carbocycles. The zero-order valence-corrected chi connectivity index (χ0v) is 31.5. The van der Waals surface area contributed by atoms with Crippen LogP contribution in [0, 0.1) is 0 Å². The van der Waals surface area contributed by atoms with Gasteiger partial charge in [-0.1, -0.05) is 188 Å². The predicted molar refractivity (Wildman–Crippen MR) is 246 cm³/mol. The lowest BCUT2D eigenvalue weighted by atomic mass is 9.89. The molecule has 0 N–H and O–H groups in total. The number of para-hydroxylation sites is 1. The van der Waals surface area contributed by atoms with Crippen molar-refractivity contribution in [2.45, 2.75) is 0 Å². The Kier molecular flexibility index (Phi) is 7.26. The zero-order chi connectivity index (χ0) is 38.2. The molecule has 58 heavy (non-hydrogen) atoms. The number of rotatable bonds is 4. The molecule has 2 heteroatoms. The minimum atomic E-state index is 0.729. The van der Waals surface area contributed by atoms with Crippen LogP contribution < -0.4 is 0 Å². The van der Waals surface area contributed by atoms with Crippen molar-refractivity contribution in [3.8, 4) is 44.9 Å². The van der Waals surface area contributed by atoms with Crippen molar-refractivity contribution in [1.82, 2.24) is 9.97 Å². The topological polar surface area (TPSA) is 25.8 Å². The summed E-state index contributed by atoms with van der Waals surface area (Å²) in [6, 6.07) is 74.7. The second-order valence-electron chi connectivity index (χ2n) is 15.2. The maximum absolute atomic E-state index is 5.22. The minimum absolute atomic E-state index is 0.729. The quantitative estimate of drug-likeness (QED) is 0.168. The highest BCUT2D eigenvalue weighted by atomic mass is 14.9. The SMILES string of the molecule is c1ccc(-c2nc(-c3ccc(-c4ccc(-c5ccc6c(c5)c5ccccc5c5cccc7ccc8cccc6c8c75)cc4)c4ccccc34)nc3ccccc23)cc1. The Hall–Kier alpha value is -7.68. The lowest BCUT2D eigenvalue weighted by molar-refractivity contribution is 1.23. The highest BCUT2D eigenvalue weighted by Gasteiger charge is 2.17. The molecule has 0 atom stereocenters. The fourth-order valence-corrected chi connectivity index (χ4v) is 9.34. The fourth-order valence-electron chi connectivity index (χ4n) is 9.34. The average Bonchev–Trinajstić information content (AvgIpc) is 3.30. The summed E-state index contributed by atoms with van der Waals surface area (Å²) in [5.74, 6) is 0.729. The van der Waals surface area contributed by atoms with Gasteiger partial charge in [0.15, 0.2) is 5.82 Å². The molecule has 0 saturated heterocycles. The van der Waals surface area contributed by atoms with E-state index < -0.39 is 0 Å². The van der Waals surface area contributed by atoms with Gasteiger partial charge in [-0.15, -0.1) is 0 Å². The number of aromatic nitrogens is 2. The molecule has 0 aliphatic carbocycles. The van der Waals surface area contributed by atoms with Crippen LogP contribution >= 0.6 is 0 Å². The first-order valence-corrected chi connectivity index (χ1v) is 19.9. The monoisotopic (exact) mass is 734 g/mol. The fraction of sp³-hybridized carbons (Fsp3) is 0. The van der Waals surface area contributed by atoms with E-state index in [9.17, 15) is 0 Å². The second-order valence-corrected chi connectivity index (χ2v) is 15.2. The lowest BCUT2D eigenvalue weighted by Crippen LogP contribution is -1.96. The highest BCUT2D eigenvalue weighted by Crippen LogP contribution is 2.42. The Balaban J connectivity index is 0.996. The summed E-state index contributed by atoms with van der Waals surface area (Å²) in [4.78, 5) is 10.3. The molecule has 0 amide bonds. The van der Waals surface area contributed by atoms with Gasteiger partial charge in [0.25, 0.3) is 0 Å². The molecule has 0 fully saturated rings. The third-order valence-electron chi connectivity index (χ3n) is 12.0. The summed E-state index contributed by atoms with van der Waals surface area (Å²) in [5.41, 5.74) is 8.72. The van der Waals surface area contributed by atoms with E-state index in [1.807, 2.05) is 12.1 Å². The largest absolute Gasteiger partial charge is 0.228 e. The smallest absolute Gasteiger partial charge is 0.161 e. The van der Waals surface area contributed by atoms with Crippen molar-refractivity contribution >= 4 is 75.5 Å². The molecule has 2 nitrogen and oxygen atoms in total. The van der Waals surface area contributed by atoms with Gasteiger partial charge in [-0.05, 0) is 105 Å². The van der Waals surface area contributed by atoms with Crippen molar-refractivity contribution in [1.29, 1.82) is 0 Å². The van der Waals surface area contributed by atoms with Crippen molar-refractivity contribution in [3.05, 3.63) is 206 Å². The van der Waals surface area contributed by atoms with Gasteiger partial charge in [0.1, 0.15) is 0 Å². The van der Waals surface area contributed by atoms with E-state index in [0.717, 1.165) is 38.9 Å². The maximum atomic E-state index is 5.22. The van der Waals surface area contributed by atoms with E-state index in [2.05, 4.69) is 194 Å². The van der Waals surface area contributed by atoms with Gasteiger partial charge in [-0.3, -0.25) is 0 Å². The van der Waals surface area contributed by atoms with Gasteiger partial charge < -0.3 is 0 Å². The maximum Gasteiger partial charge on any atom is 0.161 e. The summed E-state index contributed by atoms with van der Waals surface area (Å²) >= 11 is 0. The summed E-state index contributed by atoms with van der Waals surface area (Å²) in [5, 5.41) is 16.2. The van der Waals surface area contributed by atoms with Gasteiger partial charge in [0, 0.05) is 16.5 Å². The Labute approximate surface area is 335 Å². The van der Waals surface area contributed by atoms with E-state index in [4.69, 9.17) is 9.97 Å². The van der Waals surface area contributed by atoms with Gasteiger partial charge in [-0.2, -0.15) is 0 Å². The van der Waals surface area contributed by atoms with Crippen LogP contribution in [0.5, 0.6) is 0 Å². The van der Waals surface area contributed by atoms with Gasteiger partial charge >= 0.3 is 0 Å². The molecule has 1 heterocycles. The second kappa shape index (κ2) is 12.9. The van der Waals surface area contributed by atoms with Crippen LogP contribution in [0.25, 0.3) is 120 Å². The van der Waals surface area contributed by atoms with Gasteiger partial charge in [-0.25, -0.2) is 9.97 Å². The van der Waals surface area contributed by atoms with Crippen molar-refractivity contribution in [3.63, 3.8) is 0 Å². The molecule has 0 unspecified atom stereocenters. The molecule has 0 aliphatic heterocycles. The molecule has 0 saturated carbocycles. The Bertz CT molecular complexity index is 3610. The predicted octanol–water partition coefficient (Wildman–Crippen LogP) is 15.2. The molecular formula is C56H34N2. The Morgan fingerprint density at radius 1 is 0.259 bits per heavy atom. The standard InChI is InChI=1S/C56H34N2/c1-2-12-39(13-3-1)55-50-20-8-9-23-52(50)57-56(58-55)49-33-32-41(42-16-4-6-18-44(42)49)36-26-24-35(25-27-36)40-30-31-46-48-22-11-15-38-29-28-37-14-10-21-47(53(37)54(38)48)43-17-5-7-19-45(43)51(46)34-40/h1-34H. The molecule has 268 valence electrons. The van der Waals surface area contributed by atoms with E-state index in [1.54, 1.807) is 0 Å². The third-order valence-corrected chi connectivity index (χ3v) is 12.0. The summed E-state index contributed by atoms with van der Waals surface area (Å²) in [6.45, 7) is 0. The van der Waals surface area contributed by atoms with E-state index in [0.29, 0.717) is 0 Å². The number of hydrogen-bond acceptors (Lipinski definition) is 2. The first-order chi connectivity index (χ1) is 28.8. The van der Waals surface area contributed by atoms with Crippen LogP contribution in [-0.4, -0.2) is 9.97 Å². The van der Waals surface area contributed by atoms with Gasteiger partial charge in [0.05, 0.1) is 11.2 Å². The minimum Gasteiger partial charge on any atom is -0.228 e. The van der Waals surface area contributed by atoms with Crippen LogP contribution in [0.3, 0.4) is 0 Å². The molecular weight excluding hydrogens is 701 g/mol. The van der Waals surface area contributed by atoms with E-state index in [1.165, 1.54) is 81.5 Å². The van der Waals surface area contributed by atoms with Crippen LogP contribution in [-0.2, 0) is 0 Å². The Morgan fingerprint density at radius 3 is 1.48 bits per heavy atom. The van der Waals surface area contributed by atoms with Crippen LogP contribution in [0.15, 0.2) is 206 Å². The summed E-state index contributed by atoms with van der Waals surface area (Å²) < 4.78 is 0. The Morgan fingerprint density at radius 2 is 0.776 bits per heavy atom. The zero-order valence-electron chi connectivity index (χ0n) is 31.5. The van der Waals surface area contributed by atoms with Gasteiger partial charge in [0.2, 0.25) is 0 Å². The lowest BCUT2D eigenvalue weighted by Gasteiger charge is -2.15. The highest BCUT2D eigenvalue weighted by molar-refractivity contribution is 6.32. The molecule has 1 aromatic heterocycles. The van der Waals surface area contributed by atoms with E-state index in [-0.39, 0.29) is 0 Å². The summed E-state index contributed by atoms with van der Waals surface area (Å²) in [6.07, 6.45) is 0. The van der Waals surface area contributed by atoms with Crippen molar-refractivity contribution in [2.75, 3.05) is 0 Å². The average molecular weight is 735 g/mol. The summed E-state index contributed by atoms with van der Waals surface area (Å²) in [7, 11) is 0. The number of nitrogens with zero attached hydrogens (tertiary/aromatic N) is 2. The van der Waals surface area contributed by atoms with Crippen LogP contribution in [0.2, 0.25) is 0 Å². The normalized spacial score (nSPS) is 11.8. The number of fused-ring (bicyclic) bond motifs is 7. The third kappa shape index (κ3) is 5.05. The first kappa shape index (κ1) is 32.6. The number of hydrogen-bond donors (Lipinski definition) is 0. The first-order valence-electron chi connectivity index (χ1n) is 19.9. The van der Waals surface area contributed by atoms with E-state index >= 15 is 0 Å². The number of benzene rings is 10. The molecule has 0 radical (unpaired) electrons. The molecule has 0 spiro atoms.